The fourth-order valence-electron chi connectivity index (χ4n) is 3.19. The van der Waals surface area contributed by atoms with Gasteiger partial charge in [0.05, 0.1) is 19.3 Å². The summed E-state index contributed by atoms with van der Waals surface area (Å²) >= 11 is 0. The van der Waals surface area contributed by atoms with Crippen molar-refractivity contribution in [2.24, 2.45) is 4.99 Å². The molecule has 30 heavy (non-hydrogen) atoms. The molecule has 0 saturated carbocycles. The molecule has 1 fully saturated rings. The predicted molar refractivity (Wildman–Crippen MR) is 136 cm³/mol. The summed E-state index contributed by atoms with van der Waals surface area (Å²) in [6.07, 6.45) is 3.54. The van der Waals surface area contributed by atoms with Crippen LogP contribution >= 0.6 is 24.0 Å². The molecule has 6 nitrogen and oxygen atoms in total. The van der Waals surface area contributed by atoms with Gasteiger partial charge in [-0.1, -0.05) is 24.3 Å². The number of nitrogens with one attached hydrogen (secondary N) is 2. The van der Waals surface area contributed by atoms with Crippen molar-refractivity contribution in [2.75, 3.05) is 40.0 Å². The van der Waals surface area contributed by atoms with Crippen molar-refractivity contribution in [1.29, 1.82) is 0 Å². The maximum atomic E-state index is 5.73. The zero-order chi connectivity index (χ0) is 20.9. The fourth-order valence-corrected chi connectivity index (χ4v) is 3.19. The van der Waals surface area contributed by atoms with E-state index in [4.69, 9.17) is 14.5 Å². The Morgan fingerprint density at radius 1 is 1.27 bits per heavy atom. The lowest BCUT2D eigenvalue weighted by Crippen LogP contribution is -2.38. The SMILES string of the molecule is CCNC(=NCc1ccccc1CN(C)C(C)C)NCCCOCC1CCCO1.I. The van der Waals surface area contributed by atoms with E-state index in [9.17, 15) is 0 Å². The van der Waals surface area contributed by atoms with Gasteiger partial charge in [-0.15, -0.1) is 24.0 Å². The van der Waals surface area contributed by atoms with Crippen molar-refractivity contribution in [2.45, 2.75) is 65.3 Å². The molecule has 1 aromatic rings. The van der Waals surface area contributed by atoms with Gasteiger partial charge >= 0.3 is 0 Å². The van der Waals surface area contributed by atoms with Gasteiger partial charge in [0.1, 0.15) is 0 Å². The van der Waals surface area contributed by atoms with Crippen molar-refractivity contribution in [3.8, 4) is 0 Å². The third kappa shape index (κ3) is 10.4. The average molecular weight is 533 g/mol. The van der Waals surface area contributed by atoms with E-state index < -0.39 is 0 Å². The minimum absolute atomic E-state index is 0. The van der Waals surface area contributed by atoms with E-state index >= 15 is 0 Å². The number of ether oxygens (including phenoxy) is 2. The molecule has 7 heteroatoms. The maximum Gasteiger partial charge on any atom is 0.191 e. The Labute approximate surface area is 200 Å². The van der Waals surface area contributed by atoms with E-state index in [2.05, 4.69) is 67.6 Å². The van der Waals surface area contributed by atoms with Crippen LogP contribution in [0.4, 0.5) is 0 Å². The summed E-state index contributed by atoms with van der Waals surface area (Å²) in [5.41, 5.74) is 2.61. The largest absolute Gasteiger partial charge is 0.379 e. The van der Waals surface area contributed by atoms with E-state index in [1.54, 1.807) is 0 Å². The lowest BCUT2D eigenvalue weighted by atomic mass is 10.1. The number of rotatable bonds is 12. The fraction of sp³-hybridized carbons (Fsp3) is 0.696. The van der Waals surface area contributed by atoms with E-state index in [0.717, 1.165) is 64.7 Å². The first-order valence-electron chi connectivity index (χ1n) is 11.1. The van der Waals surface area contributed by atoms with Crippen molar-refractivity contribution < 1.29 is 9.47 Å². The normalized spacial score (nSPS) is 16.7. The predicted octanol–water partition coefficient (Wildman–Crippen LogP) is 3.79. The summed E-state index contributed by atoms with van der Waals surface area (Å²) < 4.78 is 11.3. The minimum atomic E-state index is 0. The second-order valence-electron chi connectivity index (χ2n) is 7.96. The molecule has 0 bridgehead atoms. The van der Waals surface area contributed by atoms with Gasteiger partial charge in [0.15, 0.2) is 5.96 Å². The quantitative estimate of drug-likeness (QED) is 0.186. The van der Waals surface area contributed by atoms with Gasteiger partial charge in [-0.2, -0.15) is 0 Å². The van der Waals surface area contributed by atoms with Crippen LogP contribution in [-0.2, 0) is 22.6 Å². The molecule has 0 aromatic heterocycles. The van der Waals surface area contributed by atoms with Crippen LogP contribution < -0.4 is 10.6 Å². The number of hydrogen-bond acceptors (Lipinski definition) is 4. The summed E-state index contributed by atoms with van der Waals surface area (Å²) in [5.74, 6) is 0.860. The molecular formula is C23H41IN4O2. The highest BCUT2D eigenvalue weighted by Crippen LogP contribution is 2.14. The molecule has 0 radical (unpaired) electrons. The molecule has 1 aliphatic rings. The van der Waals surface area contributed by atoms with Crippen molar-refractivity contribution in [3.63, 3.8) is 0 Å². The first-order chi connectivity index (χ1) is 14.1. The number of aliphatic imine (C=N–C) groups is 1. The summed E-state index contributed by atoms with van der Waals surface area (Å²) in [6.45, 7) is 12.2. The van der Waals surface area contributed by atoms with E-state index in [-0.39, 0.29) is 24.0 Å². The van der Waals surface area contributed by atoms with Crippen molar-refractivity contribution in [3.05, 3.63) is 35.4 Å². The van der Waals surface area contributed by atoms with Crippen LogP contribution in [-0.4, -0.2) is 63.0 Å². The Hall–Kier alpha value is -0.900. The Bertz CT molecular complexity index is 607. The Morgan fingerprint density at radius 2 is 2.03 bits per heavy atom. The van der Waals surface area contributed by atoms with Gasteiger partial charge in [-0.25, -0.2) is 4.99 Å². The molecule has 0 spiro atoms. The molecule has 1 atom stereocenters. The summed E-state index contributed by atoms with van der Waals surface area (Å²) in [5, 5.41) is 6.75. The van der Waals surface area contributed by atoms with Crippen LogP contribution in [0.2, 0.25) is 0 Å². The molecular weight excluding hydrogens is 491 g/mol. The molecule has 1 aromatic carbocycles. The zero-order valence-corrected chi connectivity index (χ0v) is 21.5. The standard InChI is InChI=1S/C23H40N4O2.HI/c1-5-24-23(25-13-9-14-28-18-22-12-8-15-29-22)26-16-20-10-6-7-11-21(20)17-27(4)19(2)3;/h6-7,10-11,19,22H,5,8-9,12-18H2,1-4H3,(H2,24,25,26);1H. The smallest absolute Gasteiger partial charge is 0.191 e. The molecule has 1 unspecified atom stereocenters. The lowest BCUT2D eigenvalue weighted by molar-refractivity contribution is 0.0168. The van der Waals surface area contributed by atoms with Crippen LogP contribution in [0.15, 0.2) is 29.3 Å². The molecule has 2 N–H and O–H groups in total. The Balaban J connectivity index is 0.00000450. The molecule has 0 amide bonds. The number of halogens is 1. The molecule has 1 aliphatic heterocycles. The first-order valence-corrected chi connectivity index (χ1v) is 11.1. The van der Waals surface area contributed by atoms with E-state index in [0.29, 0.717) is 18.7 Å². The van der Waals surface area contributed by atoms with Crippen LogP contribution in [0.5, 0.6) is 0 Å². The Kier molecular flexibility index (Phi) is 14.3. The van der Waals surface area contributed by atoms with Gasteiger partial charge in [-0.05, 0) is 58.2 Å². The highest BCUT2D eigenvalue weighted by Gasteiger charge is 2.15. The highest BCUT2D eigenvalue weighted by atomic mass is 127. The average Bonchev–Trinajstić information content (AvgIpc) is 3.23. The number of nitrogens with zero attached hydrogens (tertiary/aromatic N) is 2. The number of hydrogen-bond donors (Lipinski definition) is 2. The molecule has 2 rings (SSSR count). The summed E-state index contributed by atoms with van der Waals surface area (Å²) in [4.78, 5) is 7.14. The summed E-state index contributed by atoms with van der Waals surface area (Å²) in [7, 11) is 2.16. The van der Waals surface area contributed by atoms with Crippen molar-refractivity contribution >= 4 is 29.9 Å². The minimum Gasteiger partial charge on any atom is -0.379 e. The Morgan fingerprint density at radius 3 is 2.70 bits per heavy atom. The summed E-state index contributed by atoms with van der Waals surface area (Å²) in [6, 6.07) is 9.10. The van der Waals surface area contributed by atoms with Gasteiger partial charge in [0.25, 0.3) is 0 Å². The second kappa shape index (κ2) is 15.8. The molecule has 1 saturated heterocycles. The van der Waals surface area contributed by atoms with E-state index in [1.807, 2.05) is 0 Å². The van der Waals surface area contributed by atoms with Crippen LogP contribution in [0, 0.1) is 0 Å². The first kappa shape index (κ1) is 27.1. The highest BCUT2D eigenvalue weighted by molar-refractivity contribution is 14.0. The van der Waals surface area contributed by atoms with Gasteiger partial charge in [0, 0.05) is 38.9 Å². The lowest BCUT2D eigenvalue weighted by Gasteiger charge is -2.22. The van der Waals surface area contributed by atoms with Gasteiger partial charge < -0.3 is 20.1 Å². The van der Waals surface area contributed by atoms with Gasteiger partial charge in [0.2, 0.25) is 0 Å². The maximum absolute atomic E-state index is 5.73. The molecule has 172 valence electrons. The second-order valence-corrected chi connectivity index (χ2v) is 7.96. The topological polar surface area (TPSA) is 58.1 Å². The third-order valence-corrected chi connectivity index (χ3v) is 5.26. The monoisotopic (exact) mass is 532 g/mol. The zero-order valence-electron chi connectivity index (χ0n) is 19.2. The van der Waals surface area contributed by atoms with Crippen molar-refractivity contribution in [1.82, 2.24) is 15.5 Å². The molecule has 1 heterocycles. The van der Waals surface area contributed by atoms with Crippen LogP contribution in [0.3, 0.4) is 0 Å². The third-order valence-electron chi connectivity index (χ3n) is 5.26. The number of benzene rings is 1. The van der Waals surface area contributed by atoms with E-state index in [1.165, 1.54) is 11.1 Å². The van der Waals surface area contributed by atoms with Crippen LogP contribution in [0.1, 0.15) is 51.2 Å². The van der Waals surface area contributed by atoms with Crippen LogP contribution in [0.25, 0.3) is 0 Å². The molecule has 0 aliphatic carbocycles. The number of guanidine groups is 1. The van der Waals surface area contributed by atoms with Gasteiger partial charge in [-0.3, -0.25) is 4.90 Å².